The first-order chi connectivity index (χ1) is 18.3. The highest BCUT2D eigenvalue weighted by atomic mass is 32.2. The molecule has 8 rings (SSSR count). The van der Waals surface area contributed by atoms with Gasteiger partial charge in [-0.25, -0.2) is 0 Å². The Morgan fingerprint density at radius 1 is 0.486 bits per heavy atom. The van der Waals surface area contributed by atoms with Crippen LogP contribution in [0.5, 0.6) is 0 Å². The van der Waals surface area contributed by atoms with Crippen LogP contribution in [0.3, 0.4) is 0 Å². The number of rotatable bonds is 2. The first-order valence-corrected chi connectivity index (χ1v) is 13.8. The van der Waals surface area contributed by atoms with Crippen molar-refractivity contribution in [1.29, 1.82) is 0 Å². The Hall–Kier alpha value is -4.07. The molecule has 1 atom stereocenters. The molecule has 0 saturated heterocycles. The molecule has 1 aliphatic carbocycles. The Balaban J connectivity index is 1.23. The van der Waals surface area contributed by atoms with Crippen molar-refractivity contribution >= 4 is 49.7 Å². The van der Waals surface area contributed by atoms with E-state index in [1.165, 1.54) is 69.9 Å². The van der Waals surface area contributed by atoms with Gasteiger partial charge in [-0.1, -0.05) is 121 Å². The van der Waals surface area contributed by atoms with Crippen molar-refractivity contribution in [3.63, 3.8) is 0 Å². The zero-order valence-electron chi connectivity index (χ0n) is 20.3. The number of fused-ring (bicyclic) bond motifs is 9. The summed E-state index contributed by atoms with van der Waals surface area (Å²) in [7, 11) is 0. The summed E-state index contributed by atoms with van der Waals surface area (Å²) in [4.78, 5) is 2.90. The number of allylic oxidation sites excluding steroid dienone is 4. The average Bonchev–Trinajstić information content (AvgIpc) is 3.35. The second-order valence-electron chi connectivity index (χ2n) is 10.1. The SMILES string of the molecule is C1=C(c2cccc(-c3ccc4c5ccccc5c5ccccc5c4c3)c2)CC2C(=C1)Sc1ccccc12. The summed E-state index contributed by atoms with van der Waals surface area (Å²) in [6.07, 6.45) is 5.74. The van der Waals surface area contributed by atoms with Crippen LogP contribution in [0.25, 0.3) is 49.0 Å². The van der Waals surface area contributed by atoms with Crippen molar-refractivity contribution in [3.8, 4) is 11.1 Å². The van der Waals surface area contributed by atoms with Crippen molar-refractivity contribution < 1.29 is 0 Å². The summed E-state index contributed by atoms with van der Waals surface area (Å²) in [6, 6.07) is 42.6. The molecule has 6 aromatic rings. The Morgan fingerprint density at radius 2 is 1.11 bits per heavy atom. The molecular weight excluding hydrogens is 464 g/mol. The van der Waals surface area contributed by atoms with E-state index in [1.807, 2.05) is 11.8 Å². The second-order valence-corrected chi connectivity index (χ2v) is 11.2. The second kappa shape index (κ2) is 8.23. The van der Waals surface area contributed by atoms with Crippen LogP contribution >= 0.6 is 11.8 Å². The van der Waals surface area contributed by atoms with Gasteiger partial charge in [-0.15, -0.1) is 0 Å². The van der Waals surface area contributed by atoms with Gasteiger partial charge in [0, 0.05) is 10.8 Å². The molecule has 0 bridgehead atoms. The Kier molecular flexibility index (Phi) is 4.68. The van der Waals surface area contributed by atoms with Crippen LogP contribution in [-0.4, -0.2) is 0 Å². The third-order valence-corrected chi connectivity index (χ3v) is 9.30. The first-order valence-electron chi connectivity index (χ1n) is 12.9. The van der Waals surface area contributed by atoms with Crippen molar-refractivity contribution in [2.45, 2.75) is 17.2 Å². The average molecular weight is 489 g/mol. The minimum atomic E-state index is 0.491. The highest BCUT2D eigenvalue weighted by Crippen LogP contribution is 2.53. The number of hydrogen-bond acceptors (Lipinski definition) is 1. The molecule has 2 aliphatic rings. The Morgan fingerprint density at radius 3 is 1.89 bits per heavy atom. The highest BCUT2D eigenvalue weighted by Gasteiger charge is 2.30. The van der Waals surface area contributed by atoms with Gasteiger partial charge in [0.2, 0.25) is 0 Å². The lowest BCUT2D eigenvalue weighted by molar-refractivity contribution is 0.850. The summed E-state index contributed by atoms with van der Waals surface area (Å²) in [5.41, 5.74) is 6.77. The molecule has 0 fully saturated rings. The normalized spacial score (nSPS) is 16.5. The van der Waals surface area contributed by atoms with Gasteiger partial charge in [-0.2, -0.15) is 0 Å². The Bertz CT molecular complexity index is 1900. The van der Waals surface area contributed by atoms with E-state index in [9.17, 15) is 0 Å². The fourth-order valence-electron chi connectivity index (χ4n) is 6.24. The lowest BCUT2D eigenvalue weighted by Crippen LogP contribution is -2.01. The number of benzene rings is 6. The fraction of sp³-hybridized carbons (Fsp3) is 0.0556. The van der Waals surface area contributed by atoms with Crippen LogP contribution in [0.2, 0.25) is 0 Å². The van der Waals surface area contributed by atoms with Crippen molar-refractivity contribution in [3.05, 3.63) is 143 Å². The zero-order chi connectivity index (χ0) is 24.3. The van der Waals surface area contributed by atoms with Crippen molar-refractivity contribution in [1.82, 2.24) is 0 Å². The van der Waals surface area contributed by atoms with Gasteiger partial charge in [-0.05, 0) is 89.7 Å². The molecule has 0 nitrogen and oxygen atoms in total. The maximum absolute atomic E-state index is 2.39. The van der Waals surface area contributed by atoms with Crippen LogP contribution in [-0.2, 0) is 0 Å². The Labute approximate surface area is 221 Å². The molecular formula is C36H24S. The molecule has 0 saturated carbocycles. The summed E-state index contributed by atoms with van der Waals surface area (Å²) in [5.74, 6) is 0.491. The zero-order valence-corrected chi connectivity index (χ0v) is 21.1. The summed E-state index contributed by atoms with van der Waals surface area (Å²) < 4.78 is 0. The molecule has 0 N–H and O–H groups in total. The number of thioether (sulfide) groups is 1. The van der Waals surface area contributed by atoms with Crippen LogP contribution < -0.4 is 0 Å². The maximum Gasteiger partial charge on any atom is 0.0205 e. The molecule has 0 spiro atoms. The van der Waals surface area contributed by atoms with Gasteiger partial charge in [-0.3, -0.25) is 0 Å². The van der Waals surface area contributed by atoms with Gasteiger partial charge >= 0.3 is 0 Å². The van der Waals surface area contributed by atoms with E-state index < -0.39 is 0 Å². The quantitative estimate of drug-likeness (QED) is 0.218. The summed E-state index contributed by atoms with van der Waals surface area (Å²) >= 11 is 1.94. The highest BCUT2D eigenvalue weighted by molar-refractivity contribution is 8.03. The predicted molar refractivity (Wildman–Crippen MR) is 160 cm³/mol. The first kappa shape index (κ1) is 21.1. The van der Waals surface area contributed by atoms with E-state index in [1.54, 1.807) is 0 Å². The molecule has 174 valence electrons. The van der Waals surface area contributed by atoms with Gasteiger partial charge < -0.3 is 0 Å². The summed E-state index contributed by atoms with van der Waals surface area (Å²) in [6.45, 7) is 0. The standard InChI is InChI=1S/C36H24S/c1-2-12-29-27(10-1)28-11-3-4-13-30(28)33-21-25(16-18-31(29)33)23-8-7-9-24(20-23)26-17-19-36-34(22-26)32-14-5-6-15-35(32)37-36/h1-21,34H,22H2. The van der Waals surface area contributed by atoms with Crippen LogP contribution in [0.1, 0.15) is 23.5 Å². The lowest BCUT2D eigenvalue weighted by Gasteiger charge is -2.20. The molecule has 0 radical (unpaired) electrons. The van der Waals surface area contributed by atoms with Crippen LogP contribution in [0.4, 0.5) is 0 Å². The van der Waals surface area contributed by atoms with Crippen LogP contribution in [0, 0.1) is 0 Å². The largest absolute Gasteiger partial charge is 0.0936 e. The van der Waals surface area contributed by atoms with E-state index >= 15 is 0 Å². The van der Waals surface area contributed by atoms with E-state index in [0.29, 0.717) is 5.92 Å². The summed E-state index contributed by atoms with van der Waals surface area (Å²) in [5, 5.41) is 7.92. The molecule has 1 heterocycles. The molecule has 0 aromatic heterocycles. The number of hydrogen-bond donors (Lipinski definition) is 0. The predicted octanol–water partition coefficient (Wildman–Crippen LogP) is 10.4. The fourth-order valence-corrected chi connectivity index (χ4v) is 7.46. The van der Waals surface area contributed by atoms with Crippen molar-refractivity contribution in [2.24, 2.45) is 0 Å². The van der Waals surface area contributed by atoms with E-state index in [4.69, 9.17) is 0 Å². The third-order valence-electron chi connectivity index (χ3n) is 8.05. The molecule has 1 heteroatoms. The monoisotopic (exact) mass is 488 g/mol. The van der Waals surface area contributed by atoms with Crippen LogP contribution in [0.15, 0.2) is 137 Å². The smallest absolute Gasteiger partial charge is 0.0205 e. The van der Waals surface area contributed by atoms with Gasteiger partial charge in [0.25, 0.3) is 0 Å². The molecule has 1 aliphatic heterocycles. The van der Waals surface area contributed by atoms with Gasteiger partial charge in [0.05, 0.1) is 0 Å². The van der Waals surface area contributed by atoms with Gasteiger partial charge in [0.15, 0.2) is 0 Å². The maximum atomic E-state index is 2.39. The van der Waals surface area contributed by atoms with E-state index in [0.717, 1.165) is 6.42 Å². The molecule has 1 unspecified atom stereocenters. The lowest BCUT2D eigenvalue weighted by atomic mass is 9.85. The third kappa shape index (κ3) is 3.31. The minimum absolute atomic E-state index is 0.491. The van der Waals surface area contributed by atoms with Crippen molar-refractivity contribution in [2.75, 3.05) is 0 Å². The topological polar surface area (TPSA) is 0 Å². The molecule has 0 amide bonds. The van der Waals surface area contributed by atoms with Gasteiger partial charge in [0.1, 0.15) is 0 Å². The molecule has 6 aromatic carbocycles. The minimum Gasteiger partial charge on any atom is -0.0936 e. The van der Waals surface area contributed by atoms with E-state index in [2.05, 4.69) is 127 Å². The van der Waals surface area contributed by atoms with E-state index in [-0.39, 0.29) is 0 Å². The molecule has 37 heavy (non-hydrogen) atoms.